The highest BCUT2D eigenvalue weighted by molar-refractivity contribution is 7.80. The van der Waals surface area contributed by atoms with Gasteiger partial charge in [-0.05, 0) is 33.5 Å². The zero-order chi connectivity index (χ0) is 16.0. The average Bonchev–Trinajstić information content (AvgIpc) is 2.39. The van der Waals surface area contributed by atoms with E-state index in [4.69, 9.17) is 18.0 Å². The number of likely N-dealkylation sites (N-methyl/N-ethyl adjacent to an activating group) is 2. The van der Waals surface area contributed by atoms with Gasteiger partial charge in [0.1, 0.15) is 4.99 Å². The number of carbonyl (C=O) groups is 1. The van der Waals surface area contributed by atoms with Gasteiger partial charge < -0.3 is 15.5 Å². The highest BCUT2D eigenvalue weighted by Crippen LogP contribution is 2.09. The molecule has 21 heavy (non-hydrogen) atoms. The number of carbonyl (C=O) groups excluding carboxylic acids is 1. The lowest BCUT2D eigenvalue weighted by atomic mass is 10.1. The van der Waals surface area contributed by atoms with Crippen LogP contribution in [0.2, 0.25) is 0 Å². The van der Waals surface area contributed by atoms with Crippen LogP contribution in [0.5, 0.6) is 0 Å². The maximum Gasteiger partial charge on any atom is 0.227 e. The Balaban J connectivity index is 2.71. The van der Waals surface area contributed by atoms with E-state index < -0.39 is 0 Å². The summed E-state index contributed by atoms with van der Waals surface area (Å²) in [5, 5.41) is 0. The molecule has 1 aromatic rings. The van der Waals surface area contributed by atoms with Crippen molar-refractivity contribution in [3.8, 4) is 0 Å². The predicted molar refractivity (Wildman–Crippen MR) is 91.4 cm³/mol. The van der Waals surface area contributed by atoms with Crippen LogP contribution in [0.15, 0.2) is 24.3 Å². The fraction of sp³-hybridized carbons (Fsp3) is 0.500. The third-order valence-electron chi connectivity index (χ3n) is 3.42. The van der Waals surface area contributed by atoms with E-state index in [9.17, 15) is 4.79 Å². The van der Waals surface area contributed by atoms with Crippen LogP contribution in [-0.2, 0) is 11.2 Å². The fourth-order valence-electron chi connectivity index (χ4n) is 2.42. The summed E-state index contributed by atoms with van der Waals surface area (Å²) in [6, 6.07) is 7.76. The van der Waals surface area contributed by atoms with Crippen molar-refractivity contribution in [2.75, 3.05) is 27.2 Å². The Bertz CT molecular complexity index is 485. The molecule has 5 heteroatoms. The van der Waals surface area contributed by atoms with E-state index in [1.54, 1.807) is 0 Å². The van der Waals surface area contributed by atoms with E-state index in [0.29, 0.717) is 11.4 Å². The number of hydrogen-bond acceptors (Lipinski definition) is 3. The molecule has 0 aromatic heterocycles. The molecular weight excluding hydrogens is 282 g/mol. The number of nitrogens with two attached hydrogens (primary N) is 1. The van der Waals surface area contributed by atoms with Gasteiger partial charge >= 0.3 is 0 Å². The van der Waals surface area contributed by atoms with E-state index in [-0.39, 0.29) is 11.9 Å². The van der Waals surface area contributed by atoms with Gasteiger partial charge in [-0.1, -0.05) is 36.5 Å². The molecule has 0 aliphatic heterocycles. The molecule has 1 unspecified atom stereocenters. The summed E-state index contributed by atoms with van der Waals surface area (Å²) >= 11 is 4.93. The van der Waals surface area contributed by atoms with Crippen LogP contribution in [0.1, 0.15) is 25.0 Å². The van der Waals surface area contributed by atoms with Crippen molar-refractivity contribution >= 4 is 23.1 Å². The molecule has 0 heterocycles. The fourth-order valence-corrected chi connectivity index (χ4v) is 2.56. The van der Waals surface area contributed by atoms with E-state index in [2.05, 4.69) is 11.8 Å². The molecule has 0 saturated carbocycles. The Hall–Kier alpha value is -1.46. The lowest BCUT2D eigenvalue weighted by Crippen LogP contribution is -2.44. The van der Waals surface area contributed by atoms with Gasteiger partial charge in [0.15, 0.2) is 0 Å². The summed E-state index contributed by atoms with van der Waals surface area (Å²) < 4.78 is 0. The molecule has 0 spiro atoms. The van der Waals surface area contributed by atoms with E-state index in [0.717, 1.165) is 24.2 Å². The topological polar surface area (TPSA) is 49.6 Å². The molecule has 0 radical (unpaired) electrons. The Labute approximate surface area is 132 Å². The van der Waals surface area contributed by atoms with E-state index >= 15 is 0 Å². The monoisotopic (exact) mass is 307 g/mol. The molecule has 1 atom stereocenters. The van der Waals surface area contributed by atoms with Gasteiger partial charge in [-0.2, -0.15) is 0 Å². The number of amides is 1. The van der Waals surface area contributed by atoms with Crippen molar-refractivity contribution in [1.82, 2.24) is 9.80 Å². The third-order valence-corrected chi connectivity index (χ3v) is 3.65. The summed E-state index contributed by atoms with van der Waals surface area (Å²) in [4.78, 5) is 16.8. The van der Waals surface area contributed by atoms with Crippen LogP contribution in [0, 0.1) is 0 Å². The molecular formula is C16H25N3OS. The van der Waals surface area contributed by atoms with Crippen molar-refractivity contribution < 1.29 is 4.79 Å². The maximum absolute atomic E-state index is 12.4. The number of nitrogens with zero attached hydrogens (tertiary/aromatic N) is 2. The minimum Gasteiger partial charge on any atom is -0.389 e. The molecule has 1 amide bonds. The maximum atomic E-state index is 12.4. The Kier molecular flexibility index (Phi) is 6.78. The number of thiocarbonyl (C=S) groups is 1. The van der Waals surface area contributed by atoms with Crippen molar-refractivity contribution in [3.63, 3.8) is 0 Å². The molecule has 0 aliphatic carbocycles. The quantitative estimate of drug-likeness (QED) is 0.779. The lowest BCUT2D eigenvalue weighted by Gasteiger charge is -2.30. The summed E-state index contributed by atoms with van der Waals surface area (Å²) in [7, 11) is 4.03. The predicted octanol–water partition coefficient (Wildman–Crippen LogP) is 1.66. The van der Waals surface area contributed by atoms with Crippen molar-refractivity contribution in [1.29, 1.82) is 0 Å². The molecule has 0 saturated heterocycles. The summed E-state index contributed by atoms with van der Waals surface area (Å²) in [6.07, 6.45) is 0.406. The molecule has 0 bridgehead atoms. The van der Waals surface area contributed by atoms with Crippen LogP contribution < -0.4 is 5.73 Å². The Morgan fingerprint density at radius 1 is 1.29 bits per heavy atom. The van der Waals surface area contributed by atoms with Gasteiger partial charge in [-0.3, -0.25) is 4.79 Å². The summed E-state index contributed by atoms with van der Waals surface area (Å²) in [5.74, 6) is 0.148. The largest absolute Gasteiger partial charge is 0.389 e. The van der Waals surface area contributed by atoms with Crippen LogP contribution in [-0.4, -0.2) is 53.9 Å². The molecule has 2 N–H and O–H groups in total. The second-order valence-corrected chi connectivity index (χ2v) is 5.97. The minimum absolute atomic E-state index is 0.148. The molecule has 1 rings (SSSR count). The zero-order valence-corrected chi connectivity index (χ0v) is 14.1. The second kappa shape index (κ2) is 8.10. The second-order valence-electron chi connectivity index (χ2n) is 5.53. The van der Waals surface area contributed by atoms with Crippen LogP contribution in [0.4, 0.5) is 0 Å². The van der Waals surface area contributed by atoms with Gasteiger partial charge in [0, 0.05) is 24.7 Å². The van der Waals surface area contributed by atoms with Crippen molar-refractivity contribution in [3.05, 3.63) is 35.4 Å². The number of rotatable bonds is 7. The first-order valence-electron chi connectivity index (χ1n) is 7.18. The van der Waals surface area contributed by atoms with Crippen LogP contribution in [0.3, 0.4) is 0 Å². The summed E-state index contributed by atoms with van der Waals surface area (Å²) in [6.45, 7) is 5.68. The standard InChI is InChI=1S/C16H25N3OS/c1-5-19(12(2)11-18(3)4)15(20)10-13-6-8-14(9-7-13)16(17)21/h6-9,12H,5,10-11H2,1-4H3,(H2,17,21). The van der Waals surface area contributed by atoms with Crippen LogP contribution in [0.25, 0.3) is 0 Å². The first-order valence-corrected chi connectivity index (χ1v) is 7.59. The van der Waals surface area contributed by atoms with Gasteiger partial charge in [0.2, 0.25) is 5.91 Å². The van der Waals surface area contributed by atoms with Gasteiger partial charge in [-0.25, -0.2) is 0 Å². The lowest BCUT2D eigenvalue weighted by molar-refractivity contribution is -0.132. The summed E-state index contributed by atoms with van der Waals surface area (Å²) in [5.41, 5.74) is 7.38. The molecule has 0 fully saturated rings. The zero-order valence-electron chi connectivity index (χ0n) is 13.3. The molecule has 116 valence electrons. The molecule has 1 aromatic carbocycles. The average molecular weight is 307 g/mol. The normalized spacial score (nSPS) is 12.2. The van der Waals surface area contributed by atoms with Gasteiger partial charge in [0.25, 0.3) is 0 Å². The van der Waals surface area contributed by atoms with E-state index in [1.807, 2.05) is 50.2 Å². The minimum atomic E-state index is 0.148. The van der Waals surface area contributed by atoms with Crippen molar-refractivity contribution in [2.45, 2.75) is 26.3 Å². The first kappa shape index (κ1) is 17.6. The highest BCUT2D eigenvalue weighted by atomic mass is 32.1. The highest BCUT2D eigenvalue weighted by Gasteiger charge is 2.19. The third kappa shape index (κ3) is 5.44. The van der Waals surface area contributed by atoms with Gasteiger partial charge in [0.05, 0.1) is 6.42 Å². The number of hydrogen-bond donors (Lipinski definition) is 1. The van der Waals surface area contributed by atoms with Crippen LogP contribution >= 0.6 is 12.2 Å². The molecule has 0 aliphatic rings. The molecule has 4 nitrogen and oxygen atoms in total. The van der Waals surface area contributed by atoms with Gasteiger partial charge in [-0.15, -0.1) is 0 Å². The smallest absolute Gasteiger partial charge is 0.227 e. The Morgan fingerprint density at radius 3 is 2.29 bits per heavy atom. The van der Waals surface area contributed by atoms with Crippen molar-refractivity contribution in [2.24, 2.45) is 5.73 Å². The SMILES string of the molecule is CCN(C(=O)Cc1ccc(C(N)=S)cc1)C(C)CN(C)C. The first-order chi connectivity index (χ1) is 9.85. The van der Waals surface area contributed by atoms with E-state index in [1.165, 1.54) is 0 Å². The Morgan fingerprint density at radius 2 is 1.86 bits per heavy atom. The number of benzene rings is 1.